The third-order valence-electron chi connectivity index (χ3n) is 1.71. The van der Waals surface area contributed by atoms with Gasteiger partial charge in [0.1, 0.15) is 18.8 Å². The molecule has 0 bridgehead atoms. The fourth-order valence-electron chi connectivity index (χ4n) is 1.04. The van der Waals surface area contributed by atoms with E-state index in [1.54, 1.807) is 18.3 Å². The van der Waals surface area contributed by atoms with Crippen molar-refractivity contribution in [3.63, 3.8) is 0 Å². The van der Waals surface area contributed by atoms with E-state index in [0.717, 1.165) is 5.69 Å². The number of hydrogen-bond donors (Lipinski definition) is 0. The number of pyridine rings is 1. The van der Waals surface area contributed by atoms with E-state index in [1.807, 2.05) is 18.2 Å². The molecule has 0 aliphatic carbocycles. The number of nitrogens with zero attached hydrogens (tertiary/aromatic N) is 1. The summed E-state index contributed by atoms with van der Waals surface area (Å²) < 4.78 is 4.80. The van der Waals surface area contributed by atoms with Crippen molar-refractivity contribution in [3.05, 3.63) is 36.2 Å². The maximum atomic E-state index is 11.0. The van der Waals surface area contributed by atoms with Gasteiger partial charge in [-0.05, 0) is 31.2 Å². The number of carbonyl (C=O) groups excluding carboxylic acids is 2. The van der Waals surface area contributed by atoms with E-state index in [9.17, 15) is 9.59 Å². The first kappa shape index (κ1) is 12.1. The Hall–Kier alpha value is -1.97. The Morgan fingerprint density at radius 3 is 2.88 bits per heavy atom. The van der Waals surface area contributed by atoms with E-state index >= 15 is 0 Å². The van der Waals surface area contributed by atoms with Gasteiger partial charge >= 0.3 is 5.97 Å². The SMILES string of the molecule is CC(=O)CC(=O)OCC=Cc1ccccn1. The molecule has 0 N–H and O–H groups in total. The Bertz CT molecular complexity index is 385. The third kappa shape index (κ3) is 5.05. The molecule has 0 aliphatic rings. The van der Waals surface area contributed by atoms with Crippen molar-refractivity contribution in [1.29, 1.82) is 0 Å². The molecule has 0 aromatic carbocycles. The van der Waals surface area contributed by atoms with Crippen LogP contribution >= 0.6 is 0 Å². The van der Waals surface area contributed by atoms with Crippen molar-refractivity contribution in [2.75, 3.05) is 6.61 Å². The average Bonchev–Trinajstić information content (AvgIpc) is 2.25. The molecule has 4 heteroatoms. The first-order valence-corrected chi connectivity index (χ1v) is 4.91. The van der Waals surface area contributed by atoms with Gasteiger partial charge in [-0.15, -0.1) is 0 Å². The summed E-state index contributed by atoms with van der Waals surface area (Å²) in [5.41, 5.74) is 0.796. The minimum atomic E-state index is -0.502. The summed E-state index contributed by atoms with van der Waals surface area (Å²) in [6.07, 6.45) is 4.94. The second-order valence-corrected chi connectivity index (χ2v) is 3.22. The first-order valence-electron chi connectivity index (χ1n) is 4.91. The predicted octanol–water partition coefficient (Wildman–Crippen LogP) is 1.62. The minimum Gasteiger partial charge on any atom is -0.461 e. The van der Waals surface area contributed by atoms with Crippen molar-refractivity contribution in [1.82, 2.24) is 4.98 Å². The molecule has 1 aromatic heterocycles. The molecular weight excluding hydrogens is 206 g/mol. The van der Waals surface area contributed by atoms with Gasteiger partial charge in [0.05, 0.1) is 5.69 Å². The molecule has 0 saturated heterocycles. The zero-order chi connectivity index (χ0) is 11.8. The number of carbonyl (C=O) groups is 2. The fourth-order valence-corrected chi connectivity index (χ4v) is 1.04. The molecule has 1 heterocycles. The second-order valence-electron chi connectivity index (χ2n) is 3.22. The van der Waals surface area contributed by atoms with E-state index in [-0.39, 0.29) is 18.8 Å². The van der Waals surface area contributed by atoms with Crippen LogP contribution < -0.4 is 0 Å². The molecule has 0 unspecified atom stereocenters. The lowest BCUT2D eigenvalue weighted by Crippen LogP contribution is -2.08. The standard InChI is InChI=1S/C12H13NO3/c1-10(14)9-12(15)16-8-4-6-11-5-2-3-7-13-11/h2-7H,8-9H2,1H3. The van der Waals surface area contributed by atoms with Crippen LogP contribution in [-0.2, 0) is 14.3 Å². The molecule has 84 valence electrons. The lowest BCUT2D eigenvalue weighted by atomic mass is 10.3. The summed E-state index contributed by atoms with van der Waals surface area (Å²) in [6, 6.07) is 5.53. The number of ether oxygens (including phenoxy) is 1. The van der Waals surface area contributed by atoms with Crippen molar-refractivity contribution >= 4 is 17.8 Å². The van der Waals surface area contributed by atoms with Crippen LogP contribution in [0.5, 0.6) is 0 Å². The van der Waals surface area contributed by atoms with Crippen LogP contribution in [0, 0.1) is 0 Å². The Balaban J connectivity index is 2.28. The van der Waals surface area contributed by atoms with Crippen molar-refractivity contribution in [2.24, 2.45) is 0 Å². The molecule has 0 spiro atoms. The molecule has 1 rings (SSSR count). The highest BCUT2D eigenvalue weighted by molar-refractivity contribution is 5.94. The van der Waals surface area contributed by atoms with Crippen molar-refractivity contribution in [3.8, 4) is 0 Å². The van der Waals surface area contributed by atoms with Gasteiger partial charge in [0.2, 0.25) is 0 Å². The van der Waals surface area contributed by atoms with E-state index in [0.29, 0.717) is 0 Å². The predicted molar refractivity (Wildman–Crippen MR) is 59.5 cm³/mol. The van der Waals surface area contributed by atoms with Crippen LogP contribution in [0.3, 0.4) is 0 Å². The second kappa shape index (κ2) is 6.50. The van der Waals surface area contributed by atoms with E-state index in [1.165, 1.54) is 6.92 Å². The number of rotatable bonds is 5. The molecule has 0 saturated carbocycles. The fraction of sp³-hybridized carbons (Fsp3) is 0.250. The largest absolute Gasteiger partial charge is 0.461 e. The van der Waals surface area contributed by atoms with Gasteiger partial charge in [0, 0.05) is 6.20 Å². The van der Waals surface area contributed by atoms with E-state index in [2.05, 4.69) is 4.98 Å². The molecule has 0 aliphatic heterocycles. The Kier molecular flexibility index (Phi) is 4.92. The van der Waals surface area contributed by atoms with Gasteiger partial charge in [0.25, 0.3) is 0 Å². The van der Waals surface area contributed by atoms with Gasteiger partial charge in [-0.1, -0.05) is 6.07 Å². The van der Waals surface area contributed by atoms with Gasteiger partial charge in [0.15, 0.2) is 0 Å². The Morgan fingerprint density at radius 2 is 2.25 bits per heavy atom. The van der Waals surface area contributed by atoms with Crippen molar-refractivity contribution in [2.45, 2.75) is 13.3 Å². The highest BCUT2D eigenvalue weighted by atomic mass is 16.5. The topological polar surface area (TPSA) is 56.3 Å². The molecule has 0 atom stereocenters. The molecule has 1 aromatic rings. The molecule has 16 heavy (non-hydrogen) atoms. The van der Waals surface area contributed by atoms with E-state index in [4.69, 9.17) is 4.74 Å². The lowest BCUT2D eigenvalue weighted by Gasteiger charge is -1.98. The van der Waals surface area contributed by atoms with Gasteiger partial charge < -0.3 is 4.74 Å². The summed E-state index contributed by atoms with van der Waals surface area (Å²) >= 11 is 0. The maximum Gasteiger partial charge on any atom is 0.313 e. The van der Waals surface area contributed by atoms with Crippen LogP contribution in [0.1, 0.15) is 19.0 Å². The number of hydrogen-bond acceptors (Lipinski definition) is 4. The first-order chi connectivity index (χ1) is 7.68. The highest BCUT2D eigenvalue weighted by Crippen LogP contribution is 1.96. The summed E-state index contributed by atoms with van der Waals surface area (Å²) in [5.74, 6) is -0.697. The zero-order valence-corrected chi connectivity index (χ0v) is 9.05. The highest BCUT2D eigenvalue weighted by Gasteiger charge is 2.04. The normalized spacial score (nSPS) is 10.3. The Morgan fingerprint density at radius 1 is 1.44 bits per heavy atom. The van der Waals surface area contributed by atoms with Gasteiger partial charge in [-0.25, -0.2) is 0 Å². The van der Waals surface area contributed by atoms with Crippen LogP contribution in [0.25, 0.3) is 6.08 Å². The molecular formula is C12H13NO3. The van der Waals surface area contributed by atoms with Gasteiger partial charge in [-0.2, -0.15) is 0 Å². The Labute approximate surface area is 94.0 Å². The third-order valence-corrected chi connectivity index (χ3v) is 1.71. The molecule has 0 amide bonds. The monoisotopic (exact) mass is 219 g/mol. The number of esters is 1. The van der Waals surface area contributed by atoms with Crippen LogP contribution in [0.2, 0.25) is 0 Å². The minimum absolute atomic E-state index is 0.155. The number of ketones is 1. The maximum absolute atomic E-state index is 11.0. The summed E-state index contributed by atoms with van der Waals surface area (Å²) in [7, 11) is 0. The quantitative estimate of drug-likeness (QED) is 0.557. The van der Waals surface area contributed by atoms with Crippen LogP contribution in [0.15, 0.2) is 30.5 Å². The van der Waals surface area contributed by atoms with Crippen LogP contribution in [0.4, 0.5) is 0 Å². The van der Waals surface area contributed by atoms with Gasteiger partial charge in [-0.3, -0.25) is 14.6 Å². The average molecular weight is 219 g/mol. The zero-order valence-electron chi connectivity index (χ0n) is 9.05. The lowest BCUT2D eigenvalue weighted by molar-refractivity contribution is -0.144. The summed E-state index contributed by atoms with van der Waals surface area (Å²) in [5, 5.41) is 0. The van der Waals surface area contributed by atoms with Crippen molar-refractivity contribution < 1.29 is 14.3 Å². The molecule has 0 fully saturated rings. The summed E-state index contributed by atoms with van der Waals surface area (Å²) in [4.78, 5) is 25.6. The van der Waals surface area contributed by atoms with E-state index < -0.39 is 5.97 Å². The summed E-state index contributed by atoms with van der Waals surface area (Å²) in [6.45, 7) is 1.51. The van der Waals surface area contributed by atoms with Crippen LogP contribution in [-0.4, -0.2) is 23.3 Å². The molecule has 0 radical (unpaired) electrons. The number of Topliss-reactive ketones (excluding diaryl/α,β-unsaturated/α-hetero) is 1. The molecule has 4 nitrogen and oxygen atoms in total. The number of aromatic nitrogens is 1. The smallest absolute Gasteiger partial charge is 0.313 e.